The summed E-state index contributed by atoms with van der Waals surface area (Å²) in [6.07, 6.45) is 2.16. The van der Waals surface area contributed by atoms with E-state index < -0.39 is 15.6 Å². The summed E-state index contributed by atoms with van der Waals surface area (Å²) in [5.74, 6) is 0.531. The van der Waals surface area contributed by atoms with E-state index >= 15 is 0 Å². The fraction of sp³-hybridized carbons (Fsp3) is 1.00. The van der Waals surface area contributed by atoms with Crippen molar-refractivity contribution in [3.05, 3.63) is 0 Å². The number of hydrogen-bond acceptors (Lipinski definition) is 4. The molecule has 0 bridgehead atoms. The summed E-state index contributed by atoms with van der Waals surface area (Å²) in [6, 6.07) is 0. The third kappa shape index (κ3) is 6.01. The predicted molar refractivity (Wildman–Crippen MR) is 66.7 cm³/mol. The lowest BCUT2D eigenvalue weighted by Gasteiger charge is -2.31. The van der Waals surface area contributed by atoms with Gasteiger partial charge in [0.1, 0.15) is 0 Å². The fourth-order valence-corrected chi connectivity index (χ4v) is 3.04. The van der Waals surface area contributed by atoms with Crippen LogP contribution in [0.25, 0.3) is 0 Å². The summed E-state index contributed by atoms with van der Waals surface area (Å²) in [5, 5.41) is 10.1. The maximum atomic E-state index is 11.6. The number of halogens is 1. The van der Waals surface area contributed by atoms with Gasteiger partial charge in [0.15, 0.2) is 0 Å². The Balaban J connectivity index is 2.32. The largest absolute Gasteiger partial charge is 0.388 e. The number of sulfonamides is 1. The van der Waals surface area contributed by atoms with E-state index in [2.05, 4.69) is 4.72 Å². The average Bonchev–Trinajstić information content (AvgIpc) is 2.28. The Morgan fingerprint density at radius 3 is 2.53 bits per heavy atom. The minimum Gasteiger partial charge on any atom is -0.388 e. The van der Waals surface area contributed by atoms with Gasteiger partial charge in [-0.1, -0.05) is 0 Å². The maximum absolute atomic E-state index is 11.6. The van der Waals surface area contributed by atoms with E-state index in [-0.39, 0.29) is 12.3 Å². The first-order chi connectivity index (χ1) is 7.97. The molecule has 0 aromatic rings. The molecule has 1 fully saturated rings. The Morgan fingerprint density at radius 1 is 1.29 bits per heavy atom. The van der Waals surface area contributed by atoms with Crippen molar-refractivity contribution in [3.63, 3.8) is 0 Å². The van der Waals surface area contributed by atoms with Crippen LogP contribution >= 0.6 is 11.6 Å². The molecule has 5 nitrogen and oxygen atoms in total. The molecule has 0 unspecified atom stereocenters. The maximum Gasteiger partial charge on any atom is 0.211 e. The van der Waals surface area contributed by atoms with Gasteiger partial charge in [-0.05, 0) is 12.8 Å². The molecule has 1 aliphatic rings. The molecular formula is C10H20ClNO4S. The SMILES string of the molecule is O=S(=O)(CCCCCl)NCC1(O)CCOCC1. The second kappa shape index (κ2) is 6.89. The van der Waals surface area contributed by atoms with E-state index in [0.717, 1.165) is 0 Å². The molecule has 0 aromatic carbocycles. The lowest BCUT2D eigenvalue weighted by Crippen LogP contribution is -2.47. The van der Waals surface area contributed by atoms with Crippen molar-refractivity contribution in [2.45, 2.75) is 31.3 Å². The number of hydrogen-bond donors (Lipinski definition) is 2. The minimum atomic E-state index is -3.30. The standard InChI is InChI=1S/C10H20ClNO4S/c11-5-1-2-8-17(14,15)12-9-10(13)3-6-16-7-4-10/h12-13H,1-9H2. The summed E-state index contributed by atoms with van der Waals surface area (Å²) in [7, 11) is -3.30. The Morgan fingerprint density at radius 2 is 1.94 bits per heavy atom. The highest BCUT2D eigenvalue weighted by molar-refractivity contribution is 7.89. The number of aliphatic hydroxyl groups is 1. The smallest absolute Gasteiger partial charge is 0.211 e. The number of unbranched alkanes of at least 4 members (excludes halogenated alkanes) is 1. The highest BCUT2D eigenvalue weighted by atomic mass is 35.5. The van der Waals surface area contributed by atoms with Crippen LogP contribution in [0.2, 0.25) is 0 Å². The van der Waals surface area contributed by atoms with Gasteiger partial charge in [-0.2, -0.15) is 0 Å². The van der Waals surface area contributed by atoms with Crippen LogP contribution in [0.3, 0.4) is 0 Å². The number of rotatable bonds is 7. The normalized spacial score (nSPS) is 20.4. The van der Waals surface area contributed by atoms with Crippen LogP contribution in [0.5, 0.6) is 0 Å². The van der Waals surface area contributed by atoms with Crippen LogP contribution in [-0.4, -0.2) is 50.5 Å². The molecule has 1 rings (SSSR count). The molecule has 0 radical (unpaired) electrons. The first-order valence-electron chi connectivity index (χ1n) is 5.81. The van der Waals surface area contributed by atoms with Crippen LogP contribution < -0.4 is 4.72 Å². The van der Waals surface area contributed by atoms with Crippen LogP contribution in [0.1, 0.15) is 25.7 Å². The lowest BCUT2D eigenvalue weighted by atomic mass is 9.95. The van der Waals surface area contributed by atoms with E-state index in [1.807, 2.05) is 0 Å². The Kier molecular flexibility index (Phi) is 6.16. The second-order valence-corrected chi connectivity index (χ2v) is 6.68. The average molecular weight is 286 g/mol. The summed E-state index contributed by atoms with van der Waals surface area (Å²) >= 11 is 5.48. The third-order valence-electron chi connectivity index (χ3n) is 2.84. The highest BCUT2D eigenvalue weighted by Crippen LogP contribution is 2.19. The van der Waals surface area contributed by atoms with Gasteiger partial charge in [0.2, 0.25) is 10.0 Å². The van der Waals surface area contributed by atoms with E-state index in [9.17, 15) is 13.5 Å². The van der Waals surface area contributed by atoms with E-state index in [1.165, 1.54) is 0 Å². The molecule has 0 spiro atoms. The van der Waals surface area contributed by atoms with Crippen LogP contribution in [0.15, 0.2) is 0 Å². The summed E-state index contributed by atoms with van der Waals surface area (Å²) in [6.45, 7) is 1.02. The fourth-order valence-electron chi connectivity index (χ4n) is 1.63. The van der Waals surface area contributed by atoms with Gasteiger partial charge in [0.25, 0.3) is 0 Å². The van der Waals surface area contributed by atoms with Gasteiger partial charge in [-0.3, -0.25) is 0 Å². The third-order valence-corrected chi connectivity index (χ3v) is 4.52. The molecule has 1 aliphatic heterocycles. The molecule has 2 N–H and O–H groups in total. The van der Waals surface area contributed by atoms with Gasteiger partial charge in [-0.15, -0.1) is 11.6 Å². The minimum absolute atomic E-state index is 0.0618. The Hall–Kier alpha value is 0.120. The predicted octanol–water partition coefficient (Wildman–Crippen LogP) is 0.466. The molecule has 17 heavy (non-hydrogen) atoms. The molecular weight excluding hydrogens is 266 g/mol. The monoisotopic (exact) mass is 285 g/mol. The molecule has 102 valence electrons. The van der Waals surface area contributed by atoms with Crippen molar-refractivity contribution < 1.29 is 18.3 Å². The number of alkyl halides is 1. The zero-order valence-electron chi connectivity index (χ0n) is 9.82. The van der Waals surface area contributed by atoms with Crippen molar-refractivity contribution in [1.82, 2.24) is 4.72 Å². The summed E-state index contributed by atoms with van der Waals surface area (Å²) in [5.41, 5.74) is -0.961. The molecule has 7 heteroatoms. The zero-order valence-corrected chi connectivity index (χ0v) is 11.4. The molecule has 1 heterocycles. The molecule has 0 amide bonds. The second-order valence-electron chi connectivity index (χ2n) is 4.37. The Bertz CT molecular complexity index is 314. The molecule has 0 saturated carbocycles. The van der Waals surface area contributed by atoms with Gasteiger partial charge in [0.05, 0.1) is 11.4 Å². The van der Waals surface area contributed by atoms with Crippen LogP contribution in [0, 0.1) is 0 Å². The van der Waals surface area contributed by atoms with Crippen molar-refractivity contribution in [2.24, 2.45) is 0 Å². The van der Waals surface area contributed by atoms with Gasteiger partial charge in [0, 0.05) is 38.5 Å². The quantitative estimate of drug-likeness (QED) is 0.527. The lowest BCUT2D eigenvalue weighted by molar-refractivity contribution is -0.0588. The molecule has 0 aliphatic carbocycles. The Labute approximate surface area is 108 Å². The van der Waals surface area contributed by atoms with Crippen molar-refractivity contribution >= 4 is 21.6 Å². The highest BCUT2D eigenvalue weighted by Gasteiger charge is 2.30. The van der Waals surface area contributed by atoms with Gasteiger partial charge in [-0.25, -0.2) is 13.1 Å². The van der Waals surface area contributed by atoms with E-state index in [0.29, 0.717) is 44.8 Å². The molecule has 0 aromatic heterocycles. The van der Waals surface area contributed by atoms with Crippen molar-refractivity contribution in [3.8, 4) is 0 Å². The van der Waals surface area contributed by atoms with E-state index in [4.69, 9.17) is 16.3 Å². The summed E-state index contributed by atoms with van der Waals surface area (Å²) < 4.78 is 30.8. The van der Waals surface area contributed by atoms with Crippen LogP contribution in [0.4, 0.5) is 0 Å². The number of nitrogens with one attached hydrogen (secondary N) is 1. The molecule has 0 atom stereocenters. The zero-order chi connectivity index (χ0) is 12.8. The first-order valence-corrected chi connectivity index (χ1v) is 8.00. The van der Waals surface area contributed by atoms with Gasteiger partial charge >= 0.3 is 0 Å². The topological polar surface area (TPSA) is 75.6 Å². The van der Waals surface area contributed by atoms with Crippen molar-refractivity contribution in [1.29, 1.82) is 0 Å². The molecule has 1 saturated heterocycles. The van der Waals surface area contributed by atoms with E-state index in [1.54, 1.807) is 0 Å². The van der Waals surface area contributed by atoms with Crippen LogP contribution in [-0.2, 0) is 14.8 Å². The summed E-state index contributed by atoms with van der Waals surface area (Å²) in [4.78, 5) is 0. The van der Waals surface area contributed by atoms with Crippen molar-refractivity contribution in [2.75, 3.05) is 31.4 Å². The number of ether oxygens (including phenoxy) is 1. The first kappa shape index (κ1) is 15.2. The van der Waals surface area contributed by atoms with Gasteiger partial charge < -0.3 is 9.84 Å².